The van der Waals surface area contributed by atoms with Gasteiger partial charge in [0.15, 0.2) is 0 Å². The lowest BCUT2D eigenvalue weighted by atomic mass is 10.0. The van der Waals surface area contributed by atoms with Gasteiger partial charge in [0.25, 0.3) is 0 Å². The molecule has 1 N–H and O–H groups in total. The molecule has 1 unspecified atom stereocenters. The summed E-state index contributed by atoms with van der Waals surface area (Å²) in [6, 6.07) is 9.50. The molecule has 0 aromatic heterocycles. The average Bonchev–Trinajstić information content (AvgIpc) is 3.06. The Kier molecular flexibility index (Phi) is 6.20. The van der Waals surface area contributed by atoms with E-state index in [0.29, 0.717) is 12.5 Å². The standard InChI is InChI=1S/C19H28N2O2/c1-14(2)18(19(23)21(3)16-11-7-8-12-16)20-17(22)13-15-9-5-4-6-10-15/h4-6,9-10,14,16,18H,7-8,11-13H2,1-3H3,(H,20,22). The van der Waals surface area contributed by atoms with E-state index in [0.717, 1.165) is 18.4 Å². The lowest BCUT2D eigenvalue weighted by molar-refractivity contribution is -0.138. The van der Waals surface area contributed by atoms with E-state index < -0.39 is 6.04 Å². The fourth-order valence-corrected chi connectivity index (χ4v) is 3.21. The van der Waals surface area contributed by atoms with Crippen molar-refractivity contribution >= 4 is 11.8 Å². The van der Waals surface area contributed by atoms with Gasteiger partial charge in [-0.15, -0.1) is 0 Å². The van der Waals surface area contributed by atoms with E-state index in [1.165, 1.54) is 12.8 Å². The normalized spacial score (nSPS) is 16.3. The van der Waals surface area contributed by atoms with Crippen LogP contribution in [0.5, 0.6) is 0 Å². The van der Waals surface area contributed by atoms with E-state index in [4.69, 9.17) is 0 Å². The van der Waals surface area contributed by atoms with Crippen LogP contribution in [0.3, 0.4) is 0 Å². The second kappa shape index (κ2) is 8.14. The van der Waals surface area contributed by atoms with Crippen molar-refractivity contribution in [2.24, 2.45) is 5.92 Å². The van der Waals surface area contributed by atoms with E-state index in [1.54, 1.807) is 0 Å². The summed E-state index contributed by atoms with van der Waals surface area (Å²) in [6.07, 6.45) is 4.84. The van der Waals surface area contributed by atoms with Crippen LogP contribution < -0.4 is 5.32 Å². The van der Waals surface area contributed by atoms with Crippen LogP contribution in [0.1, 0.15) is 45.1 Å². The van der Waals surface area contributed by atoms with Gasteiger partial charge in [-0.2, -0.15) is 0 Å². The van der Waals surface area contributed by atoms with E-state index in [9.17, 15) is 9.59 Å². The largest absolute Gasteiger partial charge is 0.344 e. The number of carbonyl (C=O) groups is 2. The van der Waals surface area contributed by atoms with Crippen molar-refractivity contribution in [1.29, 1.82) is 0 Å². The molecule has 1 saturated carbocycles. The first kappa shape index (κ1) is 17.5. The molecule has 0 saturated heterocycles. The van der Waals surface area contributed by atoms with Crippen molar-refractivity contribution < 1.29 is 9.59 Å². The highest BCUT2D eigenvalue weighted by Crippen LogP contribution is 2.23. The monoisotopic (exact) mass is 316 g/mol. The van der Waals surface area contributed by atoms with Gasteiger partial charge in [-0.25, -0.2) is 0 Å². The maximum absolute atomic E-state index is 12.8. The van der Waals surface area contributed by atoms with Crippen molar-refractivity contribution in [1.82, 2.24) is 10.2 Å². The Morgan fingerprint density at radius 3 is 2.35 bits per heavy atom. The minimum atomic E-state index is -0.447. The number of nitrogens with one attached hydrogen (secondary N) is 1. The van der Waals surface area contributed by atoms with Gasteiger partial charge in [-0.05, 0) is 24.3 Å². The van der Waals surface area contributed by atoms with Crippen molar-refractivity contribution in [2.75, 3.05) is 7.05 Å². The molecule has 1 fully saturated rings. The molecule has 126 valence electrons. The van der Waals surface area contributed by atoms with Crippen LogP contribution in [0.15, 0.2) is 30.3 Å². The average molecular weight is 316 g/mol. The molecule has 0 bridgehead atoms. The Balaban J connectivity index is 1.97. The van der Waals surface area contributed by atoms with Crippen molar-refractivity contribution in [3.05, 3.63) is 35.9 Å². The predicted molar refractivity (Wildman–Crippen MR) is 91.9 cm³/mol. The van der Waals surface area contributed by atoms with Crippen LogP contribution in [0.4, 0.5) is 0 Å². The molecule has 0 spiro atoms. The Morgan fingerprint density at radius 1 is 1.17 bits per heavy atom. The first-order valence-electron chi connectivity index (χ1n) is 8.59. The molecule has 0 radical (unpaired) electrons. The van der Waals surface area contributed by atoms with Crippen LogP contribution in [0.25, 0.3) is 0 Å². The fraction of sp³-hybridized carbons (Fsp3) is 0.579. The number of benzene rings is 1. The summed E-state index contributed by atoms with van der Waals surface area (Å²) >= 11 is 0. The highest BCUT2D eigenvalue weighted by Gasteiger charge is 2.31. The molecule has 1 aromatic rings. The van der Waals surface area contributed by atoms with Crippen molar-refractivity contribution in [3.8, 4) is 0 Å². The highest BCUT2D eigenvalue weighted by molar-refractivity contribution is 5.88. The molecule has 0 aliphatic heterocycles. The Labute approximate surface area is 139 Å². The number of hydrogen-bond acceptors (Lipinski definition) is 2. The molecule has 2 amide bonds. The second-order valence-corrected chi connectivity index (χ2v) is 6.84. The first-order valence-corrected chi connectivity index (χ1v) is 8.59. The first-order chi connectivity index (χ1) is 11.0. The number of rotatable bonds is 6. The van der Waals surface area contributed by atoms with Crippen LogP contribution in [0.2, 0.25) is 0 Å². The molecule has 1 atom stereocenters. The van der Waals surface area contributed by atoms with Gasteiger partial charge in [0.05, 0.1) is 6.42 Å². The predicted octanol–water partition coefficient (Wildman–Crippen LogP) is 2.77. The number of amides is 2. The zero-order chi connectivity index (χ0) is 16.8. The van der Waals surface area contributed by atoms with Gasteiger partial charge in [0, 0.05) is 13.1 Å². The molecule has 0 heterocycles. The van der Waals surface area contributed by atoms with E-state index in [1.807, 2.05) is 56.1 Å². The van der Waals surface area contributed by atoms with E-state index >= 15 is 0 Å². The topological polar surface area (TPSA) is 49.4 Å². The summed E-state index contributed by atoms with van der Waals surface area (Å²) in [5.74, 6) is 0.0162. The third-order valence-electron chi connectivity index (χ3n) is 4.68. The smallest absolute Gasteiger partial charge is 0.245 e. The minimum absolute atomic E-state index is 0.0355. The molecule has 4 heteroatoms. The molecule has 1 aliphatic carbocycles. The summed E-state index contributed by atoms with van der Waals surface area (Å²) in [6.45, 7) is 3.96. The SMILES string of the molecule is CC(C)C(NC(=O)Cc1ccccc1)C(=O)N(C)C1CCCC1. The zero-order valence-electron chi connectivity index (χ0n) is 14.4. The highest BCUT2D eigenvalue weighted by atomic mass is 16.2. The second-order valence-electron chi connectivity index (χ2n) is 6.84. The molecule has 4 nitrogen and oxygen atoms in total. The third kappa shape index (κ3) is 4.81. The summed E-state index contributed by atoms with van der Waals surface area (Å²) in [4.78, 5) is 26.9. The number of likely N-dealkylation sites (N-methyl/N-ethyl adjacent to an activating group) is 1. The number of hydrogen-bond donors (Lipinski definition) is 1. The van der Waals surface area contributed by atoms with Crippen molar-refractivity contribution in [3.63, 3.8) is 0 Å². The zero-order valence-corrected chi connectivity index (χ0v) is 14.4. The minimum Gasteiger partial charge on any atom is -0.344 e. The maximum Gasteiger partial charge on any atom is 0.245 e. The summed E-state index contributed by atoms with van der Waals surface area (Å²) in [5, 5.41) is 2.94. The molecular formula is C19H28N2O2. The Bertz CT molecular complexity index is 521. The van der Waals surface area contributed by atoms with Gasteiger partial charge in [0.1, 0.15) is 6.04 Å². The van der Waals surface area contributed by atoms with E-state index in [-0.39, 0.29) is 17.7 Å². The number of carbonyl (C=O) groups excluding carboxylic acids is 2. The van der Waals surface area contributed by atoms with Crippen LogP contribution >= 0.6 is 0 Å². The maximum atomic E-state index is 12.8. The lowest BCUT2D eigenvalue weighted by Crippen LogP contribution is -2.52. The van der Waals surface area contributed by atoms with Crippen LogP contribution in [-0.2, 0) is 16.0 Å². The van der Waals surface area contributed by atoms with Crippen LogP contribution in [-0.4, -0.2) is 35.8 Å². The summed E-state index contributed by atoms with van der Waals surface area (Å²) in [7, 11) is 1.87. The van der Waals surface area contributed by atoms with Gasteiger partial charge in [-0.3, -0.25) is 9.59 Å². The summed E-state index contributed by atoms with van der Waals surface area (Å²) < 4.78 is 0. The summed E-state index contributed by atoms with van der Waals surface area (Å²) in [5.41, 5.74) is 0.962. The molecular weight excluding hydrogens is 288 g/mol. The molecule has 23 heavy (non-hydrogen) atoms. The van der Waals surface area contributed by atoms with Gasteiger partial charge in [0.2, 0.25) is 11.8 Å². The quantitative estimate of drug-likeness (QED) is 0.877. The fourth-order valence-electron chi connectivity index (χ4n) is 3.21. The molecule has 1 aliphatic rings. The lowest BCUT2D eigenvalue weighted by Gasteiger charge is -2.31. The van der Waals surface area contributed by atoms with Gasteiger partial charge >= 0.3 is 0 Å². The third-order valence-corrected chi connectivity index (χ3v) is 4.68. The van der Waals surface area contributed by atoms with Crippen molar-refractivity contribution in [2.45, 2.75) is 58.0 Å². The Morgan fingerprint density at radius 2 is 1.78 bits per heavy atom. The molecule has 1 aromatic carbocycles. The molecule has 2 rings (SSSR count). The van der Waals surface area contributed by atoms with E-state index in [2.05, 4.69) is 5.32 Å². The van der Waals surface area contributed by atoms with Gasteiger partial charge < -0.3 is 10.2 Å². The van der Waals surface area contributed by atoms with Crippen LogP contribution in [0, 0.1) is 5.92 Å². The number of nitrogens with zero attached hydrogens (tertiary/aromatic N) is 1. The Hall–Kier alpha value is -1.84. The van der Waals surface area contributed by atoms with Gasteiger partial charge in [-0.1, -0.05) is 57.0 Å².